The number of anilines is 1. The molecule has 0 heterocycles. The summed E-state index contributed by atoms with van der Waals surface area (Å²) in [5.74, 6) is 0.505. The average molecular weight is 282 g/mol. The molecule has 19 heavy (non-hydrogen) atoms. The van der Waals surface area contributed by atoms with E-state index < -0.39 is 0 Å². The molecule has 104 valence electrons. The van der Waals surface area contributed by atoms with Crippen molar-refractivity contribution in [2.75, 3.05) is 18.7 Å². The van der Waals surface area contributed by atoms with Crippen LogP contribution in [0.4, 0.5) is 11.4 Å². The first-order valence-electron chi connectivity index (χ1n) is 6.27. The molecule has 0 aromatic heterocycles. The molecule has 1 N–H and O–H groups in total. The molecular formula is C13H18N2O3S. The van der Waals surface area contributed by atoms with Gasteiger partial charge in [0.15, 0.2) is 0 Å². The van der Waals surface area contributed by atoms with E-state index in [1.165, 1.54) is 26.0 Å². The van der Waals surface area contributed by atoms with Crippen molar-refractivity contribution in [3.05, 3.63) is 28.3 Å². The SMILES string of the molecule is COc1ccc(NC2CCCC2SC)c([N+](=O)[O-])c1. The van der Waals surface area contributed by atoms with Crippen molar-refractivity contribution < 1.29 is 9.66 Å². The topological polar surface area (TPSA) is 64.4 Å². The van der Waals surface area contributed by atoms with E-state index in [4.69, 9.17) is 4.74 Å². The quantitative estimate of drug-likeness (QED) is 0.663. The summed E-state index contributed by atoms with van der Waals surface area (Å²) in [5.41, 5.74) is 0.655. The number of hydrogen-bond donors (Lipinski definition) is 1. The van der Waals surface area contributed by atoms with Crippen LogP contribution in [0.15, 0.2) is 18.2 Å². The van der Waals surface area contributed by atoms with Gasteiger partial charge in [0.05, 0.1) is 18.1 Å². The van der Waals surface area contributed by atoms with E-state index in [0.717, 1.165) is 6.42 Å². The first-order valence-corrected chi connectivity index (χ1v) is 7.56. The van der Waals surface area contributed by atoms with Crippen molar-refractivity contribution >= 4 is 23.1 Å². The normalized spacial score (nSPS) is 22.2. The highest BCUT2D eigenvalue weighted by atomic mass is 32.2. The van der Waals surface area contributed by atoms with E-state index in [1.807, 2.05) is 11.8 Å². The van der Waals surface area contributed by atoms with Crippen LogP contribution in [-0.2, 0) is 0 Å². The summed E-state index contributed by atoms with van der Waals surface area (Å²) < 4.78 is 5.04. The predicted molar refractivity (Wildman–Crippen MR) is 78.2 cm³/mol. The van der Waals surface area contributed by atoms with Crippen molar-refractivity contribution in [1.29, 1.82) is 0 Å². The predicted octanol–water partition coefficient (Wildman–Crippen LogP) is 3.30. The maximum Gasteiger partial charge on any atom is 0.296 e. The largest absolute Gasteiger partial charge is 0.496 e. The minimum atomic E-state index is -0.367. The summed E-state index contributed by atoms with van der Waals surface area (Å²) in [5, 5.41) is 15.0. The second kappa shape index (κ2) is 6.14. The highest BCUT2D eigenvalue weighted by Gasteiger charge is 2.28. The number of ether oxygens (including phenoxy) is 1. The van der Waals surface area contributed by atoms with Gasteiger partial charge in [-0.2, -0.15) is 11.8 Å². The van der Waals surface area contributed by atoms with Crippen molar-refractivity contribution in [2.24, 2.45) is 0 Å². The number of benzene rings is 1. The van der Waals surface area contributed by atoms with Crippen molar-refractivity contribution in [3.63, 3.8) is 0 Å². The van der Waals surface area contributed by atoms with Crippen LogP contribution >= 0.6 is 11.8 Å². The lowest BCUT2D eigenvalue weighted by Gasteiger charge is -2.20. The summed E-state index contributed by atoms with van der Waals surface area (Å²) in [6.07, 6.45) is 5.50. The van der Waals surface area contributed by atoms with Gasteiger partial charge < -0.3 is 10.1 Å². The molecule has 2 unspecified atom stereocenters. The molecule has 1 aliphatic carbocycles. The van der Waals surface area contributed by atoms with Gasteiger partial charge in [-0.15, -0.1) is 0 Å². The minimum Gasteiger partial charge on any atom is -0.496 e. The first-order chi connectivity index (χ1) is 9.15. The third-order valence-electron chi connectivity index (χ3n) is 3.50. The Balaban J connectivity index is 2.21. The van der Waals surface area contributed by atoms with E-state index in [0.29, 0.717) is 22.7 Å². The van der Waals surface area contributed by atoms with Crippen LogP contribution in [-0.4, -0.2) is 29.6 Å². The van der Waals surface area contributed by atoms with Gasteiger partial charge in [0.1, 0.15) is 11.4 Å². The summed E-state index contributed by atoms with van der Waals surface area (Å²) in [4.78, 5) is 10.8. The van der Waals surface area contributed by atoms with E-state index in [1.54, 1.807) is 12.1 Å². The molecule has 1 fully saturated rings. The fraction of sp³-hybridized carbons (Fsp3) is 0.538. The molecule has 1 aromatic rings. The van der Waals surface area contributed by atoms with Crippen LogP contribution in [0.1, 0.15) is 19.3 Å². The fourth-order valence-corrected chi connectivity index (χ4v) is 3.42. The molecule has 0 saturated heterocycles. The molecule has 2 rings (SSSR count). The number of methoxy groups -OCH3 is 1. The number of nitrogens with zero attached hydrogens (tertiary/aromatic N) is 1. The molecule has 1 aliphatic rings. The van der Waals surface area contributed by atoms with Crippen molar-refractivity contribution in [1.82, 2.24) is 0 Å². The molecular weight excluding hydrogens is 264 g/mol. The summed E-state index contributed by atoms with van der Waals surface area (Å²) in [6, 6.07) is 5.25. The molecule has 0 aliphatic heterocycles. The zero-order chi connectivity index (χ0) is 13.8. The Morgan fingerprint density at radius 2 is 2.26 bits per heavy atom. The summed E-state index contributed by atoms with van der Waals surface area (Å²) >= 11 is 1.82. The molecule has 5 nitrogen and oxygen atoms in total. The maximum atomic E-state index is 11.1. The van der Waals surface area contributed by atoms with Gasteiger partial charge in [-0.1, -0.05) is 6.42 Å². The van der Waals surface area contributed by atoms with Crippen LogP contribution in [0.2, 0.25) is 0 Å². The van der Waals surface area contributed by atoms with Crippen LogP contribution in [0, 0.1) is 10.1 Å². The van der Waals surface area contributed by atoms with Gasteiger partial charge in [-0.05, 0) is 31.2 Å². The van der Waals surface area contributed by atoms with Gasteiger partial charge >= 0.3 is 0 Å². The molecule has 2 atom stereocenters. The van der Waals surface area contributed by atoms with Crippen LogP contribution in [0.25, 0.3) is 0 Å². The molecule has 1 aromatic carbocycles. The number of hydrogen-bond acceptors (Lipinski definition) is 5. The van der Waals surface area contributed by atoms with Gasteiger partial charge in [0, 0.05) is 11.3 Å². The lowest BCUT2D eigenvalue weighted by molar-refractivity contribution is -0.384. The van der Waals surface area contributed by atoms with E-state index in [-0.39, 0.29) is 10.6 Å². The van der Waals surface area contributed by atoms with Crippen molar-refractivity contribution in [3.8, 4) is 5.75 Å². The third-order valence-corrected chi connectivity index (χ3v) is 4.67. The van der Waals surface area contributed by atoms with Crippen LogP contribution < -0.4 is 10.1 Å². The van der Waals surface area contributed by atoms with Crippen LogP contribution in [0.3, 0.4) is 0 Å². The van der Waals surface area contributed by atoms with E-state index in [2.05, 4.69) is 11.6 Å². The first kappa shape index (κ1) is 14.0. The van der Waals surface area contributed by atoms with Gasteiger partial charge in [0.25, 0.3) is 5.69 Å². The Bertz CT molecular complexity index is 467. The average Bonchev–Trinajstić information content (AvgIpc) is 2.86. The second-order valence-electron chi connectivity index (χ2n) is 4.60. The molecule has 6 heteroatoms. The molecule has 0 spiro atoms. The zero-order valence-electron chi connectivity index (χ0n) is 11.1. The number of nitro groups is 1. The standard InChI is InChI=1S/C13H18N2O3S/c1-18-9-6-7-10(12(8-9)15(16)17)14-11-4-3-5-13(11)19-2/h6-8,11,13-14H,3-5H2,1-2H3. The zero-order valence-corrected chi connectivity index (χ0v) is 11.9. The Labute approximate surface area is 116 Å². The third kappa shape index (κ3) is 3.12. The van der Waals surface area contributed by atoms with Gasteiger partial charge in [-0.3, -0.25) is 10.1 Å². The maximum absolute atomic E-state index is 11.1. The molecule has 0 radical (unpaired) electrons. The van der Waals surface area contributed by atoms with E-state index >= 15 is 0 Å². The summed E-state index contributed by atoms with van der Waals surface area (Å²) in [7, 11) is 1.51. The number of nitrogens with one attached hydrogen (secondary N) is 1. The number of thioether (sulfide) groups is 1. The molecule has 0 amide bonds. The Morgan fingerprint density at radius 3 is 2.89 bits per heavy atom. The van der Waals surface area contributed by atoms with Gasteiger partial charge in [0.2, 0.25) is 0 Å². The fourth-order valence-electron chi connectivity index (χ4n) is 2.48. The highest BCUT2D eigenvalue weighted by Crippen LogP contribution is 2.35. The van der Waals surface area contributed by atoms with E-state index in [9.17, 15) is 10.1 Å². The lowest BCUT2D eigenvalue weighted by Crippen LogP contribution is -2.26. The Kier molecular flexibility index (Phi) is 4.52. The number of nitro benzene ring substituents is 1. The highest BCUT2D eigenvalue weighted by molar-refractivity contribution is 7.99. The smallest absolute Gasteiger partial charge is 0.296 e. The Hall–Kier alpha value is -1.43. The summed E-state index contributed by atoms with van der Waals surface area (Å²) in [6.45, 7) is 0. The Morgan fingerprint density at radius 1 is 1.47 bits per heavy atom. The lowest BCUT2D eigenvalue weighted by atomic mass is 10.2. The van der Waals surface area contributed by atoms with Crippen molar-refractivity contribution in [2.45, 2.75) is 30.6 Å². The second-order valence-corrected chi connectivity index (χ2v) is 5.67. The van der Waals surface area contributed by atoms with Gasteiger partial charge in [-0.25, -0.2) is 0 Å². The minimum absolute atomic E-state index is 0.0751. The molecule has 1 saturated carbocycles. The van der Waals surface area contributed by atoms with Crippen LogP contribution in [0.5, 0.6) is 5.75 Å². The monoisotopic (exact) mass is 282 g/mol. The molecule has 0 bridgehead atoms. The number of rotatable bonds is 5.